The van der Waals surface area contributed by atoms with Crippen molar-refractivity contribution in [2.45, 2.75) is 33.9 Å². The zero-order valence-corrected chi connectivity index (χ0v) is 20.6. The molecule has 0 fully saturated rings. The molecular formula is C23H33IN4O2. The van der Waals surface area contributed by atoms with E-state index in [-0.39, 0.29) is 36.4 Å². The molecule has 0 unspecified atom stereocenters. The average Bonchev–Trinajstić information content (AvgIpc) is 2.74. The lowest BCUT2D eigenvalue weighted by molar-refractivity contribution is -0.130. The summed E-state index contributed by atoms with van der Waals surface area (Å²) >= 11 is 0. The van der Waals surface area contributed by atoms with Gasteiger partial charge in [-0.3, -0.25) is 9.79 Å². The monoisotopic (exact) mass is 524 g/mol. The van der Waals surface area contributed by atoms with Gasteiger partial charge in [0.05, 0.1) is 13.2 Å². The van der Waals surface area contributed by atoms with E-state index >= 15 is 0 Å². The largest absolute Gasteiger partial charge is 0.494 e. The molecule has 7 heteroatoms. The zero-order chi connectivity index (χ0) is 21.1. The SMILES string of the molecule is CCOc1cc(C)ccc1CNC(=NC)NCC(=O)N(CC)Cc1ccccc1.I. The van der Waals surface area contributed by atoms with Gasteiger partial charge in [-0.1, -0.05) is 42.5 Å². The molecule has 30 heavy (non-hydrogen) atoms. The van der Waals surface area contributed by atoms with Crippen LogP contribution in [0, 0.1) is 6.92 Å². The lowest BCUT2D eigenvalue weighted by atomic mass is 10.1. The van der Waals surface area contributed by atoms with Gasteiger partial charge in [0.1, 0.15) is 5.75 Å². The average molecular weight is 524 g/mol. The van der Waals surface area contributed by atoms with E-state index in [4.69, 9.17) is 4.74 Å². The Morgan fingerprint density at radius 2 is 1.83 bits per heavy atom. The molecule has 164 valence electrons. The van der Waals surface area contributed by atoms with Crippen molar-refractivity contribution in [3.63, 3.8) is 0 Å². The Bertz CT molecular complexity index is 812. The number of guanidine groups is 1. The molecular weight excluding hydrogens is 491 g/mol. The molecule has 0 aromatic heterocycles. The molecule has 0 atom stereocenters. The quantitative estimate of drug-likeness (QED) is 0.298. The van der Waals surface area contributed by atoms with Crippen LogP contribution < -0.4 is 15.4 Å². The van der Waals surface area contributed by atoms with E-state index in [1.807, 2.05) is 68.1 Å². The summed E-state index contributed by atoms with van der Waals surface area (Å²) < 4.78 is 5.72. The number of hydrogen-bond donors (Lipinski definition) is 2. The van der Waals surface area contributed by atoms with Crippen molar-refractivity contribution in [1.29, 1.82) is 0 Å². The number of aryl methyl sites for hydroxylation is 1. The van der Waals surface area contributed by atoms with Crippen molar-refractivity contribution >= 4 is 35.8 Å². The molecule has 0 saturated heterocycles. The van der Waals surface area contributed by atoms with Gasteiger partial charge in [-0.2, -0.15) is 0 Å². The van der Waals surface area contributed by atoms with Gasteiger partial charge in [-0.15, -0.1) is 24.0 Å². The van der Waals surface area contributed by atoms with Crippen molar-refractivity contribution in [2.75, 3.05) is 26.7 Å². The molecule has 1 amide bonds. The van der Waals surface area contributed by atoms with Crippen LogP contribution in [-0.2, 0) is 17.9 Å². The van der Waals surface area contributed by atoms with Crippen LogP contribution in [0.5, 0.6) is 5.75 Å². The Labute approximate surface area is 197 Å². The normalized spacial score (nSPS) is 10.7. The lowest BCUT2D eigenvalue weighted by Crippen LogP contribution is -2.44. The molecule has 0 spiro atoms. The second kappa shape index (κ2) is 13.8. The number of amides is 1. The highest BCUT2D eigenvalue weighted by atomic mass is 127. The van der Waals surface area contributed by atoms with Gasteiger partial charge in [0, 0.05) is 32.2 Å². The van der Waals surface area contributed by atoms with E-state index in [0.717, 1.165) is 22.4 Å². The third-order valence-corrected chi connectivity index (χ3v) is 4.55. The topological polar surface area (TPSA) is 66.0 Å². The smallest absolute Gasteiger partial charge is 0.242 e. The lowest BCUT2D eigenvalue weighted by Gasteiger charge is -2.22. The van der Waals surface area contributed by atoms with E-state index in [2.05, 4.69) is 21.7 Å². The molecule has 0 aliphatic carbocycles. The maximum Gasteiger partial charge on any atom is 0.242 e. The second-order valence-electron chi connectivity index (χ2n) is 6.72. The fourth-order valence-electron chi connectivity index (χ4n) is 2.95. The van der Waals surface area contributed by atoms with Crippen molar-refractivity contribution in [2.24, 2.45) is 4.99 Å². The fraction of sp³-hybridized carbons (Fsp3) is 0.391. The third kappa shape index (κ3) is 8.22. The Morgan fingerprint density at radius 3 is 2.47 bits per heavy atom. The van der Waals surface area contributed by atoms with Crippen LogP contribution >= 0.6 is 24.0 Å². The first kappa shape index (κ1) is 25.7. The van der Waals surface area contributed by atoms with Gasteiger partial charge >= 0.3 is 0 Å². The minimum absolute atomic E-state index is 0. The molecule has 0 aliphatic heterocycles. The Hall–Kier alpha value is -2.29. The highest BCUT2D eigenvalue weighted by Crippen LogP contribution is 2.20. The Kier molecular flexibility index (Phi) is 11.9. The van der Waals surface area contributed by atoms with Crippen molar-refractivity contribution in [3.8, 4) is 5.75 Å². The number of likely N-dealkylation sites (N-methyl/N-ethyl adjacent to an activating group) is 1. The summed E-state index contributed by atoms with van der Waals surface area (Å²) in [7, 11) is 1.69. The summed E-state index contributed by atoms with van der Waals surface area (Å²) in [6.45, 7) is 8.62. The van der Waals surface area contributed by atoms with Crippen molar-refractivity contribution in [1.82, 2.24) is 15.5 Å². The summed E-state index contributed by atoms with van der Waals surface area (Å²) in [4.78, 5) is 18.7. The van der Waals surface area contributed by atoms with Crippen LogP contribution in [0.3, 0.4) is 0 Å². The second-order valence-corrected chi connectivity index (χ2v) is 6.72. The molecule has 2 N–H and O–H groups in total. The molecule has 0 saturated carbocycles. The van der Waals surface area contributed by atoms with Gasteiger partial charge in [-0.05, 0) is 38.0 Å². The minimum Gasteiger partial charge on any atom is -0.494 e. The number of aliphatic imine (C=N–C) groups is 1. The number of carbonyl (C=O) groups is 1. The van der Waals surface area contributed by atoms with Crippen LogP contribution in [0.15, 0.2) is 53.5 Å². The summed E-state index contributed by atoms with van der Waals surface area (Å²) in [6, 6.07) is 16.1. The Morgan fingerprint density at radius 1 is 1.10 bits per heavy atom. The highest BCUT2D eigenvalue weighted by molar-refractivity contribution is 14.0. The van der Waals surface area contributed by atoms with Crippen molar-refractivity contribution in [3.05, 3.63) is 65.2 Å². The van der Waals surface area contributed by atoms with Crippen molar-refractivity contribution < 1.29 is 9.53 Å². The molecule has 2 aromatic carbocycles. The van der Waals surface area contributed by atoms with Crippen LogP contribution in [0.4, 0.5) is 0 Å². The highest BCUT2D eigenvalue weighted by Gasteiger charge is 2.13. The number of ether oxygens (including phenoxy) is 1. The van der Waals surface area contributed by atoms with E-state index in [1.54, 1.807) is 7.05 Å². The van der Waals surface area contributed by atoms with E-state index in [9.17, 15) is 4.79 Å². The molecule has 0 radical (unpaired) electrons. The first-order valence-corrected chi connectivity index (χ1v) is 10.1. The number of hydrogen-bond acceptors (Lipinski definition) is 3. The summed E-state index contributed by atoms with van der Waals surface area (Å²) in [6.07, 6.45) is 0. The van der Waals surface area contributed by atoms with Gasteiger partial charge in [-0.25, -0.2) is 0 Å². The fourth-order valence-corrected chi connectivity index (χ4v) is 2.95. The van der Waals surface area contributed by atoms with E-state index in [0.29, 0.717) is 32.2 Å². The molecule has 6 nitrogen and oxygen atoms in total. The number of carbonyl (C=O) groups excluding carboxylic acids is 1. The van der Waals surface area contributed by atoms with Gasteiger partial charge in [0.2, 0.25) is 5.91 Å². The standard InChI is InChI=1S/C23H32N4O2.HI/c1-5-27(17-19-10-8-7-9-11-19)22(28)16-26-23(24-4)25-15-20-13-12-18(3)14-21(20)29-6-2;/h7-14H,5-6,15-17H2,1-4H3,(H2,24,25,26);1H. The predicted octanol–water partition coefficient (Wildman–Crippen LogP) is 3.73. The molecule has 0 heterocycles. The van der Waals surface area contributed by atoms with Gasteiger partial charge in [0.25, 0.3) is 0 Å². The molecule has 2 rings (SSSR count). The predicted molar refractivity (Wildman–Crippen MR) is 133 cm³/mol. The summed E-state index contributed by atoms with van der Waals surface area (Å²) in [5.41, 5.74) is 3.32. The number of nitrogens with zero attached hydrogens (tertiary/aromatic N) is 2. The summed E-state index contributed by atoms with van der Waals surface area (Å²) in [5.74, 6) is 1.48. The zero-order valence-electron chi connectivity index (χ0n) is 18.3. The van der Waals surface area contributed by atoms with E-state index < -0.39 is 0 Å². The number of rotatable bonds is 9. The molecule has 2 aromatic rings. The van der Waals surface area contributed by atoms with Crippen LogP contribution in [0.25, 0.3) is 0 Å². The maximum atomic E-state index is 12.6. The van der Waals surface area contributed by atoms with Crippen LogP contribution in [0.2, 0.25) is 0 Å². The maximum absolute atomic E-state index is 12.6. The van der Waals surface area contributed by atoms with E-state index in [1.165, 1.54) is 0 Å². The molecule has 0 bridgehead atoms. The first-order chi connectivity index (χ1) is 14.1. The first-order valence-electron chi connectivity index (χ1n) is 10.1. The summed E-state index contributed by atoms with van der Waals surface area (Å²) in [5, 5.41) is 6.36. The van der Waals surface area contributed by atoms with Gasteiger partial charge in [0.15, 0.2) is 5.96 Å². The minimum atomic E-state index is 0. The van der Waals surface area contributed by atoms with Gasteiger partial charge < -0.3 is 20.3 Å². The number of benzene rings is 2. The number of halogens is 1. The molecule has 0 aliphatic rings. The third-order valence-electron chi connectivity index (χ3n) is 4.55. The van der Waals surface area contributed by atoms with Crippen LogP contribution in [0.1, 0.15) is 30.5 Å². The van der Waals surface area contributed by atoms with Crippen LogP contribution in [-0.4, -0.2) is 43.5 Å². The number of nitrogens with one attached hydrogen (secondary N) is 2. The Balaban J connectivity index is 0.00000450.